The van der Waals surface area contributed by atoms with E-state index in [1.54, 1.807) is 13.3 Å². The number of anilines is 1. The van der Waals surface area contributed by atoms with Gasteiger partial charge < -0.3 is 14.5 Å². The lowest BCUT2D eigenvalue weighted by atomic mass is 10.2. The summed E-state index contributed by atoms with van der Waals surface area (Å²) >= 11 is 0. The van der Waals surface area contributed by atoms with E-state index in [-0.39, 0.29) is 24.8 Å². The molecule has 0 amide bonds. The first-order valence-corrected chi connectivity index (χ1v) is 4.65. The third-order valence-corrected chi connectivity index (χ3v) is 2.01. The summed E-state index contributed by atoms with van der Waals surface area (Å²) in [5.41, 5.74) is 1.12. The lowest BCUT2D eigenvalue weighted by molar-refractivity contribution is 0.414. The van der Waals surface area contributed by atoms with Gasteiger partial charge in [-0.25, -0.2) is 4.98 Å². The standard InChI is InChI=1S/C11H12N2O2.2ClH/c1-14-10-4-2-3-9(7-10)8-13-11-12-5-6-15-11;;/h2-7H,8H2,1H3,(H,12,13);2*1H. The first-order valence-electron chi connectivity index (χ1n) is 4.65. The van der Waals surface area contributed by atoms with Crippen LogP contribution in [0.4, 0.5) is 6.01 Å². The molecule has 1 aromatic heterocycles. The molecule has 0 aliphatic heterocycles. The molecule has 6 heteroatoms. The summed E-state index contributed by atoms with van der Waals surface area (Å²) in [6, 6.07) is 8.37. The topological polar surface area (TPSA) is 47.3 Å². The minimum atomic E-state index is 0. The average Bonchev–Trinajstić information content (AvgIpc) is 2.79. The van der Waals surface area contributed by atoms with Crippen LogP contribution in [0.25, 0.3) is 0 Å². The van der Waals surface area contributed by atoms with Gasteiger partial charge in [0.2, 0.25) is 0 Å². The molecule has 17 heavy (non-hydrogen) atoms. The number of nitrogens with one attached hydrogen (secondary N) is 1. The number of benzene rings is 1. The van der Waals surface area contributed by atoms with Gasteiger partial charge in [-0.1, -0.05) is 12.1 Å². The Morgan fingerprint density at radius 1 is 1.35 bits per heavy atom. The number of methoxy groups -OCH3 is 1. The van der Waals surface area contributed by atoms with Crippen molar-refractivity contribution in [3.63, 3.8) is 0 Å². The highest BCUT2D eigenvalue weighted by Gasteiger charge is 1.98. The third-order valence-electron chi connectivity index (χ3n) is 2.01. The second-order valence-electron chi connectivity index (χ2n) is 3.04. The fourth-order valence-electron chi connectivity index (χ4n) is 1.27. The van der Waals surface area contributed by atoms with Gasteiger partial charge in [0.25, 0.3) is 6.01 Å². The van der Waals surface area contributed by atoms with Crippen LogP contribution in [-0.4, -0.2) is 12.1 Å². The molecule has 2 rings (SSSR count). The van der Waals surface area contributed by atoms with Crippen LogP contribution in [0.3, 0.4) is 0 Å². The number of hydrogen-bond donors (Lipinski definition) is 1. The Balaban J connectivity index is 0.00000128. The fraction of sp³-hybridized carbons (Fsp3) is 0.182. The highest BCUT2D eigenvalue weighted by atomic mass is 35.5. The summed E-state index contributed by atoms with van der Waals surface area (Å²) in [6.45, 7) is 0.664. The molecule has 0 bridgehead atoms. The lowest BCUT2D eigenvalue weighted by Gasteiger charge is -2.04. The molecule has 0 unspecified atom stereocenters. The molecule has 0 radical (unpaired) electrons. The van der Waals surface area contributed by atoms with E-state index in [1.807, 2.05) is 24.3 Å². The summed E-state index contributed by atoms with van der Waals surface area (Å²) in [7, 11) is 1.65. The van der Waals surface area contributed by atoms with Crippen LogP contribution in [0.2, 0.25) is 0 Å². The molecule has 0 spiro atoms. The maximum atomic E-state index is 5.13. The number of oxazole rings is 1. The Morgan fingerprint density at radius 3 is 2.82 bits per heavy atom. The van der Waals surface area contributed by atoms with E-state index in [9.17, 15) is 0 Å². The fourth-order valence-corrected chi connectivity index (χ4v) is 1.27. The molecule has 4 nitrogen and oxygen atoms in total. The van der Waals surface area contributed by atoms with Crippen molar-refractivity contribution in [1.29, 1.82) is 0 Å². The van der Waals surface area contributed by atoms with Crippen molar-refractivity contribution in [3.8, 4) is 5.75 Å². The molecule has 2 aromatic rings. The van der Waals surface area contributed by atoms with Crippen LogP contribution in [0, 0.1) is 0 Å². The highest BCUT2D eigenvalue weighted by molar-refractivity contribution is 5.85. The highest BCUT2D eigenvalue weighted by Crippen LogP contribution is 2.13. The largest absolute Gasteiger partial charge is 0.497 e. The first kappa shape index (κ1) is 15.6. The Kier molecular flexibility index (Phi) is 7.18. The summed E-state index contributed by atoms with van der Waals surface area (Å²) < 4.78 is 10.2. The molecule has 1 aromatic carbocycles. The number of nitrogens with zero attached hydrogens (tertiary/aromatic N) is 1. The molecule has 94 valence electrons. The van der Waals surface area contributed by atoms with E-state index < -0.39 is 0 Å². The number of hydrogen-bond acceptors (Lipinski definition) is 4. The summed E-state index contributed by atoms with van der Waals surface area (Å²) in [4.78, 5) is 3.96. The van der Waals surface area contributed by atoms with E-state index in [0.29, 0.717) is 12.6 Å². The van der Waals surface area contributed by atoms with E-state index >= 15 is 0 Å². The van der Waals surface area contributed by atoms with Gasteiger partial charge in [-0.05, 0) is 17.7 Å². The van der Waals surface area contributed by atoms with Crippen molar-refractivity contribution < 1.29 is 9.15 Å². The zero-order valence-electron chi connectivity index (χ0n) is 9.25. The van der Waals surface area contributed by atoms with Crippen molar-refractivity contribution in [2.24, 2.45) is 0 Å². The first-order chi connectivity index (χ1) is 7.38. The molecule has 0 saturated heterocycles. The second kappa shape index (κ2) is 7.81. The molecule has 0 fully saturated rings. The van der Waals surface area contributed by atoms with Gasteiger partial charge in [-0.2, -0.15) is 0 Å². The van der Waals surface area contributed by atoms with Crippen molar-refractivity contribution in [2.75, 3.05) is 12.4 Å². The van der Waals surface area contributed by atoms with Crippen LogP contribution in [0.5, 0.6) is 5.75 Å². The van der Waals surface area contributed by atoms with Crippen LogP contribution in [0.1, 0.15) is 5.56 Å². The van der Waals surface area contributed by atoms with Crippen LogP contribution >= 0.6 is 24.8 Å². The van der Waals surface area contributed by atoms with Gasteiger partial charge in [0.05, 0.1) is 13.3 Å². The minimum Gasteiger partial charge on any atom is -0.497 e. The Hall–Kier alpha value is -1.39. The Bertz CT molecular complexity index is 421. The number of aromatic nitrogens is 1. The van der Waals surface area contributed by atoms with E-state index in [2.05, 4.69) is 10.3 Å². The van der Waals surface area contributed by atoms with Gasteiger partial charge in [-0.15, -0.1) is 24.8 Å². The van der Waals surface area contributed by atoms with Gasteiger partial charge in [0.1, 0.15) is 12.0 Å². The molecule has 0 saturated carbocycles. The average molecular weight is 277 g/mol. The number of rotatable bonds is 4. The minimum absolute atomic E-state index is 0. The lowest BCUT2D eigenvalue weighted by Crippen LogP contribution is -1.99. The van der Waals surface area contributed by atoms with Crippen molar-refractivity contribution >= 4 is 30.8 Å². The van der Waals surface area contributed by atoms with E-state index in [0.717, 1.165) is 11.3 Å². The maximum absolute atomic E-state index is 5.13. The second-order valence-corrected chi connectivity index (χ2v) is 3.04. The van der Waals surface area contributed by atoms with Gasteiger partial charge in [-0.3, -0.25) is 0 Å². The van der Waals surface area contributed by atoms with Crippen LogP contribution < -0.4 is 10.1 Å². The van der Waals surface area contributed by atoms with E-state index in [4.69, 9.17) is 9.15 Å². The zero-order valence-corrected chi connectivity index (χ0v) is 10.9. The summed E-state index contributed by atoms with van der Waals surface area (Å²) in [5, 5.41) is 3.06. The van der Waals surface area contributed by atoms with Crippen molar-refractivity contribution in [1.82, 2.24) is 4.98 Å². The molecular formula is C11H14Cl2N2O2. The monoisotopic (exact) mass is 276 g/mol. The molecule has 1 N–H and O–H groups in total. The zero-order chi connectivity index (χ0) is 10.5. The molecule has 0 aliphatic carbocycles. The maximum Gasteiger partial charge on any atom is 0.294 e. The van der Waals surface area contributed by atoms with Crippen LogP contribution in [-0.2, 0) is 6.54 Å². The summed E-state index contributed by atoms with van der Waals surface area (Å²) in [6.07, 6.45) is 3.14. The number of ether oxygens (including phenoxy) is 1. The quantitative estimate of drug-likeness (QED) is 0.932. The van der Waals surface area contributed by atoms with Gasteiger partial charge in [0.15, 0.2) is 0 Å². The normalized spacial score (nSPS) is 8.76. The Labute approximate surface area is 112 Å². The number of halogens is 2. The SMILES string of the molecule is COc1cccc(CNc2ncco2)c1.Cl.Cl. The third kappa shape index (κ3) is 4.54. The van der Waals surface area contributed by atoms with Crippen LogP contribution in [0.15, 0.2) is 41.1 Å². The summed E-state index contributed by atoms with van der Waals surface area (Å²) in [5.74, 6) is 0.849. The molecule has 0 aliphatic rings. The molecule has 0 atom stereocenters. The molecular weight excluding hydrogens is 263 g/mol. The Morgan fingerprint density at radius 2 is 2.18 bits per heavy atom. The van der Waals surface area contributed by atoms with Gasteiger partial charge >= 0.3 is 0 Å². The van der Waals surface area contributed by atoms with Crippen molar-refractivity contribution in [3.05, 3.63) is 42.3 Å². The predicted octanol–water partition coefficient (Wildman–Crippen LogP) is 3.14. The van der Waals surface area contributed by atoms with Crippen molar-refractivity contribution in [2.45, 2.75) is 6.54 Å². The molecule has 1 heterocycles. The predicted molar refractivity (Wildman–Crippen MR) is 71.3 cm³/mol. The van der Waals surface area contributed by atoms with E-state index in [1.165, 1.54) is 6.26 Å². The van der Waals surface area contributed by atoms with Gasteiger partial charge in [0, 0.05) is 6.54 Å². The smallest absolute Gasteiger partial charge is 0.294 e.